The van der Waals surface area contributed by atoms with Crippen LogP contribution in [0.1, 0.15) is 26.7 Å². The lowest BCUT2D eigenvalue weighted by Gasteiger charge is -2.22. The lowest BCUT2D eigenvalue weighted by Crippen LogP contribution is -2.49. The predicted octanol–water partition coefficient (Wildman–Crippen LogP) is 1.26. The number of aryl methyl sites for hydroxylation is 1. The molecule has 3 N–H and O–H groups in total. The van der Waals surface area contributed by atoms with E-state index in [1.807, 2.05) is 6.92 Å². The molecule has 1 rings (SSSR count). The summed E-state index contributed by atoms with van der Waals surface area (Å²) >= 11 is 0. The Labute approximate surface area is 113 Å². The summed E-state index contributed by atoms with van der Waals surface area (Å²) in [6.07, 6.45) is 3.02. The Morgan fingerprint density at radius 2 is 2.17 bits per heavy atom. The zero-order valence-electron chi connectivity index (χ0n) is 10.9. The molecular weight excluding hydrogens is 254 g/mol. The van der Waals surface area contributed by atoms with Gasteiger partial charge in [-0.05, 0) is 25.5 Å². The van der Waals surface area contributed by atoms with E-state index >= 15 is 0 Å². The van der Waals surface area contributed by atoms with Crippen LogP contribution < -0.4 is 16.6 Å². The Kier molecular flexibility index (Phi) is 6.08. The monoisotopic (exact) mass is 273 g/mol. The summed E-state index contributed by atoms with van der Waals surface area (Å²) < 4.78 is 1.41. The fraction of sp³-hybridized carbons (Fsp3) is 0.500. The summed E-state index contributed by atoms with van der Waals surface area (Å²) in [6, 6.07) is 3.27. The van der Waals surface area contributed by atoms with Gasteiger partial charge in [0.25, 0.3) is 5.56 Å². The molecule has 0 radical (unpaired) electrons. The summed E-state index contributed by atoms with van der Waals surface area (Å²) in [5.41, 5.74) is 4.95. The SMILES string of the molecule is CCCC(C)(N)C(=O)Nc1cccn(C)c1=O.Cl. The van der Waals surface area contributed by atoms with Gasteiger partial charge in [0.2, 0.25) is 5.91 Å². The summed E-state index contributed by atoms with van der Waals surface area (Å²) in [5, 5.41) is 2.58. The van der Waals surface area contributed by atoms with Gasteiger partial charge in [-0.1, -0.05) is 13.3 Å². The second-order valence-corrected chi connectivity index (χ2v) is 4.46. The first-order valence-electron chi connectivity index (χ1n) is 5.64. The highest BCUT2D eigenvalue weighted by atomic mass is 35.5. The molecule has 0 saturated carbocycles. The number of aromatic nitrogens is 1. The fourth-order valence-electron chi connectivity index (χ4n) is 1.59. The van der Waals surface area contributed by atoms with Gasteiger partial charge in [-0.15, -0.1) is 12.4 Å². The molecule has 0 aliphatic carbocycles. The molecule has 1 aromatic heterocycles. The van der Waals surface area contributed by atoms with Gasteiger partial charge in [0.15, 0.2) is 0 Å². The maximum Gasteiger partial charge on any atom is 0.274 e. The van der Waals surface area contributed by atoms with Crippen molar-refractivity contribution in [1.82, 2.24) is 4.57 Å². The Morgan fingerprint density at radius 3 is 2.72 bits per heavy atom. The van der Waals surface area contributed by atoms with Crippen LogP contribution in [0.25, 0.3) is 0 Å². The van der Waals surface area contributed by atoms with Crippen molar-refractivity contribution in [3.05, 3.63) is 28.7 Å². The number of pyridine rings is 1. The molecule has 0 bridgehead atoms. The highest BCUT2D eigenvalue weighted by Gasteiger charge is 2.27. The highest BCUT2D eigenvalue weighted by molar-refractivity contribution is 5.97. The van der Waals surface area contributed by atoms with E-state index < -0.39 is 5.54 Å². The number of carbonyl (C=O) groups is 1. The lowest BCUT2D eigenvalue weighted by atomic mass is 9.96. The first-order valence-corrected chi connectivity index (χ1v) is 5.64. The maximum atomic E-state index is 11.9. The molecule has 0 aromatic carbocycles. The number of hydrogen-bond acceptors (Lipinski definition) is 3. The van der Waals surface area contributed by atoms with Gasteiger partial charge in [-0.25, -0.2) is 0 Å². The molecule has 5 nitrogen and oxygen atoms in total. The first-order chi connectivity index (χ1) is 7.88. The first kappa shape index (κ1) is 16.7. The average Bonchev–Trinajstić information content (AvgIpc) is 2.24. The molecule has 102 valence electrons. The van der Waals surface area contributed by atoms with E-state index in [4.69, 9.17) is 5.73 Å². The summed E-state index contributed by atoms with van der Waals surface area (Å²) in [7, 11) is 1.63. The molecule has 0 aliphatic heterocycles. The van der Waals surface area contributed by atoms with Gasteiger partial charge in [-0.2, -0.15) is 0 Å². The van der Waals surface area contributed by atoms with Crippen molar-refractivity contribution in [2.45, 2.75) is 32.2 Å². The number of anilines is 1. The van der Waals surface area contributed by atoms with Crippen molar-refractivity contribution in [2.75, 3.05) is 5.32 Å². The molecule has 1 heterocycles. The molecule has 0 spiro atoms. The van der Waals surface area contributed by atoms with E-state index in [-0.39, 0.29) is 29.6 Å². The van der Waals surface area contributed by atoms with Crippen LogP contribution >= 0.6 is 12.4 Å². The number of amides is 1. The van der Waals surface area contributed by atoms with Gasteiger partial charge < -0.3 is 15.6 Å². The van der Waals surface area contributed by atoms with Gasteiger partial charge >= 0.3 is 0 Å². The van der Waals surface area contributed by atoms with Gasteiger partial charge in [-0.3, -0.25) is 9.59 Å². The Balaban J connectivity index is 0.00000289. The minimum atomic E-state index is -0.949. The molecule has 1 atom stereocenters. The van der Waals surface area contributed by atoms with Crippen LogP contribution in [0.5, 0.6) is 0 Å². The van der Waals surface area contributed by atoms with E-state index in [1.165, 1.54) is 4.57 Å². The number of nitrogens with two attached hydrogens (primary N) is 1. The lowest BCUT2D eigenvalue weighted by molar-refractivity contribution is -0.120. The number of nitrogens with zero attached hydrogens (tertiary/aromatic N) is 1. The summed E-state index contributed by atoms with van der Waals surface area (Å²) in [5.74, 6) is -0.331. The third-order valence-electron chi connectivity index (χ3n) is 2.66. The average molecular weight is 274 g/mol. The van der Waals surface area contributed by atoms with E-state index in [2.05, 4.69) is 5.32 Å². The topological polar surface area (TPSA) is 77.1 Å². The molecule has 6 heteroatoms. The normalized spacial score (nSPS) is 13.3. The Hall–Kier alpha value is -1.33. The van der Waals surface area contributed by atoms with E-state index in [1.54, 1.807) is 32.3 Å². The third-order valence-corrected chi connectivity index (χ3v) is 2.66. The van der Waals surface area contributed by atoms with Crippen molar-refractivity contribution in [3.8, 4) is 0 Å². The van der Waals surface area contributed by atoms with Crippen molar-refractivity contribution >= 4 is 24.0 Å². The van der Waals surface area contributed by atoms with E-state index in [0.29, 0.717) is 6.42 Å². The zero-order valence-corrected chi connectivity index (χ0v) is 11.7. The summed E-state index contributed by atoms with van der Waals surface area (Å²) in [4.78, 5) is 23.6. The van der Waals surface area contributed by atoms with Crippen LogP contribution in [-0.2, 0) is 11.8 Å². The fourth-order valence-corrected chi connectivity index (χ4v) is 1.59. The standard InChI is InChI=1S/C12H19N3O2.ClH/c1-4-7-12(2,13)11(17)14-9-6-5-8-15(3)10(9)16;/h5-6,8H,4,7,13H2,1-3H3,(H,14,17);1H. The number of nitrogens with one attached hydrogen (secondary N) is 1. The predicted molar refractivity (Wildman–Crippen MR) is 75.1 cm³/mol. The molecule has 1 aromatic rings. The van der Waals surface area contributed by atoms with Crippen LogP contribution in [0.2, 0.25) is 0 Å². The summed E-state index contributed by atoms with van der Waals surface area (Å²) in [6.45, 7) is 3.62. The van der Waals surface area contributed by atoms with Crippen LogP contribution in [0.15, 0.2) is 23.1 Å². The Bertz CT molecular complexity index is 469. The van der Waals surface area contributed by atoms with Crippen LogP contribution in [0.4, 0.5) is 5.69 Å². The van der Waals surface area contributed by atoms with Gasteiger partial charge in [0, 0.05) is 13.2 Å². The largest absolute Gasteiger partial charge is 0.320 e. The molecule has 0 saturated heterocycles. The molecule has 0 aliphatic rings. The minimum Gasteiger partial charge on any atom is -0.320 e. The van der Waals surface area contributed by atoms with Gasteiger partial charge in [0.1, 0.15) is 5.69 Å². The number of carbonyl (C=O) groups excluding carboxylic acids is 1. The second kappa shape index (κ2) is 6.56. The molecule has 1 amide bonds. The third kappa shape index (κ3) is 3.85. The van der Waals surface area contributed by atoms with Crippen molar-refractivity contribution in [1.29, 1.82) is 0 Å². The maximum absolute atomic E-state index is 11.9. The number of rotatable bonds is 4. The quantitative estimate of drug-likeness (QED) is 0.867. The minimum absolute atomic E-state index is 0. The zero-order chi connectivity index (χ0) is 13.1. The van der Waals surface area contributed by atoms with E-state index in [0.717, 1.165) is 6.42 Å². The number of halogens is 1. The molecular formula is C12H20ClN3O2. The smallest absolute Gasteiger partial charge is 0.274 e. The van der Waals surface area contributed by atoms with Crippen LogP contribution in [0.3, 0.4) is 0 Å². The Morgan fingerprint density at radius 1 is 1.56 bits per heavy atom. The van der Waals surface area contributed by atoms with Crippen LogP contribution in [0, 0.1) is 0 Å². The van der Waals surface area contributed by atoms with Crippen LogP contribution in [-0.4, -0.2) is 16.0 Å². The highest BCUT2D eigenvalue weighted by Crippen LogP contribution is 2.11. The molecule has 18 heavy (non-hydrogen) atoms. The van der Waals surface area contributed by atoms with Crippen molar-refractivity contribution < 1.29 is 4.79 Å². The van der Waals surface area contributed by atoms with Crippen molar-refractivity contribution in [2.24, 2.45) is 12.8 Å². The second-order valence-electron chi connectivity index (χ2n) is 4.46. The number of hydrogen-bond donors (Lipinski definition) is 2. The molecule has 1 unspecified atom stereocenters. The van der Waals surface area contributed by atoms with Gasteiger partial charge in [0.05, 0.1) is 5.54 Å². The van der Waals surface area contributed by atoms with E-state index in [9.17, 15) is 9.59 Å². The molecule has 0 fully saturated rings. The van der Waals surface area contributed by atoms with Crippen molar-refractivity contribution in [3.63, 3.8) is 0 Å².